The molecule has 4 aromatic rings. The van der Waals surface area contributed by atoms with Crippen molar-refractivity contribution in [1.29, 1.82) is 0 Å². The fraction of sp³-hybridized carbons (Fsp3) is 0.333. The summed E-state index contributed by atoms with van der Waals surface area (Å²) in [5.41, 5.74) is -0.396. The van der Waals surface area contributed by atoms with Gasteiger partial charge in [-0.25, -0.2) is 0 Å². The third-order valence-electron chi connectivity index (χ3n) is 7.26. The molecule has 1 fully saturated rings. The number of aliphatic hydroxyl groups is 1. The first-order valence-electron chi connectivity index (χ1n) is 12.6. The first-order valence-corrected chi connectivity index (χ1v) is 12.6. The van der Waals surface area contributed by atoms with Crippen molar-refractivity contribution in [1.82, 2.24) is 20.6 Å². The normalized spacial score (nSPS) is 22.6. The molecule has 4 atom stereocenters. The number of carboxylic acid groups (broad SMARTS) is 1. The Bertz CT molecular complexity index is 1540. The summed E-state index contributed by atoms with van der Waals surface area (Å²) >= 11 is 0. The van der Waals surface area contributed by atoms with Crippen LogP contribution < -0.4 is 10.1 Å². The third kappa shape index (κ3) is 4.82. The Morgan fingerprint density at radius 1 is 1.02 bits per heavy atom. The SMILES string of the molecule is O=C(O)C1CCC(NC2COc3cc(-c4noc(-c5onc(-c6ccccc6)c5C(F)(F)F)n4)ccc3C2O)C1. The van der Waals surface area contributed by atoms with Gasteiger partial charge in [-0.1, -0.05) is 52.8 Å². The van der Waals surface area contributed by atoms with Gasteiger partial charge in [-0.3, -0.25) is 4.79 Å². The lowest BCUT2D eigenvalue weighted by Gasteiger charge is -2.33. The summed E-state index contributed by atoms with van der Waals surface area (Å²) in [7, 11) is 0. The molecule has 13 heteroatoms. The van der Waals surface area contributed by atoms with E-state index in [2.05, 4.69) is 20.6 Å². The van der Waals surface area contributed by atoms with Crippen molar-refractivity contribution in [3.63, 3.8) is 0 Å². The van der Waals surface area contributed by atoms with E-state index in [-0.39, 0.29) is 24.0 Å². The molecule has 3 heterocycles. The Kier molecular flexibility index (Phi) is 6.55. The number of carboxylic acids is 1. The topological polar surface area (TPSA) is 144 Å². The molecule has 2 aromatic carbocycles. The van der Waals surface area contributed by atoms with Crippen LogP contribution in [0, 0.1) is 5.92 Å². The van der Waals surface area contributed by atoms with E-state index in [0.717, 1.165) is 0 Å². The van der Waals surface area contributed by atoms with Crippen molar-refractivity contribution in [3.8, 4) is 40.0 Å². The summed E-state index contributed by atoms with van der Waals surface area (Å²) in [4.78, 5) is 15.4. The van der Waals surface area contributed by atoms with E-state index in [9.17, 15) is 28.2 Å². The molecule has 6 rings (SSSR count). The Morgan fingerprint density at radius 2 is 1.82 bits per heavy atom. The third-order valence-corrected chi connectivity index (χ3v) is 7.26. The highest BCUT2D eigenvalue weighted by atomic mass is 19.4. The Balaban J connectivity index is 1.23. The molecule has 40 heavy (non-hydrogen) atoms. The summed E-state index contributed by atoms with van der Waals surface area (Å²) in [5.74, 6) is -2.04. The number of alkyl halides is 3. The van der Waals surface area contributed by atoms with Crippen molar-refractivity contribution >= 4 is 5.97 Å². The lowest BCUT2D eigenvalue weighted by Crippen LogP contribution is -2.46. The quantitative estimate of drug-likeness (QED) is 0.305. The Hall–Kier alpha value is -4.23. The second-order valence-corrected chi connectivity index (χ2v) is 9.85. The van der Waals surface area contributed by atoms with Gasteiger partial charge in [-0.2, -0.15) is 18.2 Å². The predicted octanol–water partition coefficient (Wildman–Crippen LogP) is 4.71. The van der Waals surface area contributed by atoms with E-state index in [1.807, 2.05) is 0 Å². The number of aliphatic carboxylic acids is 1. The van der Waals surface area contributed by atoms with Crippen LogP contribution in [-0.4, -0.2) is 50.2 Å². The number of aromatic nitrogens is 3. The lowest BCUT2D eigenvalue weighted by molar-refractivity contribution is -0.141. The average molecular weight is 556 g/mol. The van der Waals surface area contributed by atoms with Gasteiger partial charge >= 0.3 is 12.1 Å². The van der Waals surface area contributed by atoms with Crippen LogP contribution in [0.3, 0.4) is 0 Å². The second-order valence-electron chi connectivity index (χ2n) is 9.85. The Morgan fingerprint density at radius 3 is 2.55 bits per heavy atom. The number of hydrogen-bond donors (Lipinski definition) is 3. The van der Waals surface area contributed by atoms with Crippen molar-refractivity contribution in [2.45, 2.75) is 43.6 Å². The molecule has 2 aromatic heterocycles. The zero-order chi connectivity index (χ0) is 28.0. The molecule has 2 aliphatic rings. The Labute approximate surface area is 224 Å². The molecule has 10 nitrogen and oxygen atoms in total. The molecule has 1 aliphatic carbocycles. The molecule has 4 unspecified atom stereocenters. The zero-order valence-corrected chi connectivity index (χ0v) is 20.8. The molecular formula is C27H23F3N4O6. The molecule has 3 N–H and O–H groups in total. The number of hydrogen-bond acceptors (Lipinski definition) is 9. The largest absolute Gasteiger partial charge is 0.491 e. The van der Waals surface area contributed by atoms with Gasteiger partial charge in [0.1, 0.15) is 29.7 Å². The van der Waals surface area contributed by atoms with E-state index in [0.29, 0.717) is 36.1 Å². The molecule has 0 radical (unpaired) electrons. The van der Waals surface area contributed by atoms with Crippen molar-refractivity contribution in [3.05, 3.63) is 59.7 Å². The minimum atomic E-state index is -4.80. The fourth-order valence-corrected chi connectivity index (χ4v) is 5.25. The number of benzene rings is 2. The highest BCUT2D eigenvalue weighted by Crippen LogP contribution is 2.43. The number of fused-ring (bicyclic) bond motifs is 1. The van der Waals surface area contributed by atoms with Gasteiger partial charge < -0.3 is 29.3 Å². The van der Waals surface area contributed by atoms with Gasteiger partial charge in [0.05, 0.1) is 12.0 Å². The van der Waals surface area contributed by atoms with Crippen molar-refractivity contribution in [2.75, 3.05) is 6.61 Å². The predicted molar refractivity (Wildman–Crippen MR) is 132 cm³/mol. The standard InChI is InChI=1S/C27H23F3N4O6/c28-27(29,30)20-21(13-4-2-1-3-5-13)33-39-23(20)25-32-24(34-40-25)14-7-9-17-19(11-14)38-12-18(22(17)35)31-16-8-6-15(10-16)26(36)37/h1-5,7,9,11,15-16,18,22,31,35H,6,8,10,12H2,(H,36,37). The number of rotatable bonds is 6. The highest BCUT2D eigenvalue weighted by Gasteiger charge is 2.43. The summed E-state index contributed by atoms with van der Waals surface area (Å²) in [6, 6.07) is 12.1. The molecule has 0 spiro atoms. The van der Waals surface area contributed by atoms with E-state index in [1.165, 1.54) is 12.1 Å². The van der Waals surface area contributed by atoms with Gasteiger partial charge in [-0.05, 0) is 25.3 Å². The van der Waals surface area contributed by atoms with E-state index < -0.39 is 53.1 Å². The number of nitrogens with one attached hydrogen (secondary N) is 1. The molecule has 0 amide bonds. The van der Waals surface area contributed by atoms with Crippen LogP contribution in [0.2, 0.25) is 0 Å². The van der Waals surface area contributed by atoms with Gasteiger partial charge in [0.25, 0.3) is 5.89 Å². The number of carbonyl (C=O) groups is 1. The number of aliphatic hydroxyl groups excluding tert-OH is 1. The maximum atomic E-state index is 14.0. The van der Waals surface area contributed by atoms with E-state index in [4.69, 9.17) is 13.8 Å². The molecular weight excluding hydrogens is 533 g/mol. The summed E-state index contributed by atoms with van der Waals surface area (Å²) in [6.45, 7) is 0.138. The van der Waals surface area contributed by atoms with Crippen LogP contribution in [0.25, 0.3) is 34.3 Å². The minimum absolute atomic E-state index is 0.00686. The zero-order valence-electron chi connectivity index (χ0n) is 20.8. The molecule has 208 valence electrons. The summed E-state index contributed by atoms with van der Waals surface area (Å²) in [5, 5.41) is 30.9. The maximum absolute atomic E-state index is 14.0. The second kappa shape index (κ2) is 10.1. The van der Waals surface area contributed by atoms with E-state index in [1.54, 1.807) is 36.4 Å². The number of ether oxygens (including phenoxy) is 1. The number of nitrogens with zero attached hydrogens (tertiary/aromatic N) is 3. The minimum Gasteiger partial charge on any atom is -0.491 e. The average Bonchev–Trinajstić information content (AvgIpc) is 3.70. The highest BCUT2D eigenvalue weighted by molar-refractivity contribution is 5.71. The maximum Gasteiger partial charge on any atom is 0.422 e. The van der Waals surface area contributed by atoms with Gasteiger partial charge in [0.2, 0.25) is 11.6 Å². The summed E-state index contributed by atoms with van der Waals surface area (Å²) < 4.78 is 58.1. The van der Waals surface area contributed by atoms with Crippen LogP contribution >= 0.6 is 0 Å². The van der Waals surface area contributed by atoms with E-state index >= 15 is 0 Å². The molecule has 0 saturated heterocycles. The van der Waals surface area contributed by atoms with Crippen LogP contribution in [0.5, 0.6) is 5.75 Å². The van der Waals surface area contributed by atoms with Gasteiger partial charge in [0, 0.05) is 22.7 Å². The molecule has 1 saturated carbocycles. The lowest BCUT2D eigenvalue weighted by atomic mass is 9.96. The van der Waals surface area contributed by atoms with Crippen LogP contribution in [-0.2, 0) is 11.0 Å². The first-order chi connectivity index (χ1) is 19.2. The van der Waals surface area contributed by atoms with Gasteiger partial charge in [-0.15, -0.1) is 0 Å². The van der Waals surface area contributed by atoms with Gasteiger partial charge in [0.15, 0.2) is 0 Å². The molecule has 0 bridgehead atoms. The monoisotopic (exact) mass is 556 g/mol. The van der Waals surface area contributed by atoms with Crippen LogP contribution in [0.15, 0.2) is 57.6 Å². The first kappa shape index (κ1) is 26.0. The van der Waals surface area contributed by atoms with Crippen molar-refractivity contribution < 1.29 is 42.0 Å². The number of halogens is 3. The van der Waals surface area contributed by atoms with Crippen LogP contribution in [0.1, 0.15) is 36.5 Å². The molecule has 1 aliphatic heterocycles. The van der Waals surface area contributed by atoms with Crippen molar-refractivity contribution in [2.24, 2.45) is 5.92 Å². The fourth-order valence-electron chi connectivity index (χ4n) is 5.25. The van der Waals surface area contributed by atoms with Crippen LogP contribution in [0.4, 0.5) is 13.2 Å². The smallest absolute Gasteiger partial charge is 0.422 e. The summed E-state index contributed by atoms with van der Waals surface area (Å²) in [6.07, 6.45) is -3.96.